The highest BCUT2D eigenvalue weighted by Crippen LogP contribution is 2.25. The van der Waals surface area contributed by atoms with Gasteiger partial charge in [-0.05, 0) is 39.5 Å². The summed E-state index contributed by atoms with van der Waals surface area (Å²) in [6, 6.07) is -0.111. The van der Waals surface area contributed by atoms with E-state index in [4.69, 9.17) is 0 Å². The number of hydrogen-bond acceptors (Lipinski definition) is 3. The molecule has 1 aromatic heterocycles. The van der Waals surface area contributed by atoms with Crippen LogP contribution in [0.15, 0.2) is 5.03 Å². The molecule has 0 saturated carbocycles. The average molecular weight is 285 g/mol. The van der Waals surface area contributed by atoms with Crippen LogP contribution >= 0.6 is 0 Å². The van der Waals surface area contributed by atoms with Gasteiger partial charge in [0.2, 0.25) is 0 Å². The van der Waals surface area contributed by atoms with Gasteiger partial charge in [0.05, 0.1) is 5.69 Å². The number of sulfonamides is 1. The molecule has 0 spiro atoms. The van der Waals surface area contributed by atoms with Crippen LogP contribution in [0.3, 0.4) is 0 Å². The van der Waals surface area contributed by atoms with E-state index in [9.17, 15) is 8.42 Å². The maximum atomic E-state index is 12.3. The van der Waals surface area contributed by atoms with Crippen LogP contribution in [0.4, 0.5) is 0 Å². The third-order valence-corrected chi connectivity index (χ3v) is 4.90. The molecule has 1 aromatic rings. The Labute approximate surface area is 115 Å². The molecule has 0 aromatic carbocycles. The molecule has 1 aliphatic heterocycles. The van der Waals surface area contributed by atoms with E-state index in [1.165, 1.54) is 0 Å². The van der Waals surface area contributed by atoms with E-state index in [1.54, 1.807) is 0 Å². The van der Waals surface area contributed by atoms with Gasteiger partial charge in [-0.25, -0.2) is 18.1 Å². The van der Waals surface area contributed by atoms with E-state index < -0.39 is 10.0 Å². The topological polar surface area (TPSA) is 64.0 Å². The summed E-state index contributed by atoms with van der Waals surface area (Å²) < 4.78 is 29.4. The van der Waals surface area contributed by atoms with Crippen molar-refractivity contribution in [3.8, 4) is 0 Å². The van der Waals surface area contributed by atoms with Gasteiger partial charge < -0.3 is 4.57 Å². The molecule has 2 rings (SSSR count). The summed E-state index contributed by atoms with van der Waals surface area (Å²) in [6.07, 6.45) is 4.78. The Hall–Kier alpha value is -0.880. The molecule has 0 bridgehead atoms. The molecule has 1 N–H and O–H groups in total. The molecule has 0 radical (unpaired) electrons. The normalized spacial score (nSPS) is 15.8. The Morgan fingerprint density at radius 1 is 1.37 bits per heavy atom. The molecule has 0 unspecified atom stereocenters. The first-order valence-electron chi connectivity index (χ1n) is 7.06. The molecular formula is C13H23N3O2S. The fourth-order valence-corrected chi connectivity index (χ4v) is 4.06. The highest BCUT2D eigenvalue weighted by Gasteiger charge is 2.28. The minimum absolute atomic E-state index is 0.111. The zero-order valence-electron chi connectivity index (χ0n) is 11.9. The van der Waals surface area contributed by atoms with Gasteiger partial charge in [-0.2, -0.15) is 0 Å². The second kappa shape index (κ2) is 5.63. The Bertz CT molecular complexity index is 546. The van der Waals surface area contributed by atoms with Crippen molar-refractivity contribution in [2.75, 3.05) is 0 Å². The van der Waals surface area contributed by atoms with Gasteiger partial charge in [-0.1, -0.05) is 6.92 Å². The van der Waals surface area contributed by atoms with E-state index in [-0.39, 0.29) is 11.1 Å². The molecule has 108 valence electrons. The van der Waals surface area contributed by atoms with Crippen molar-refractivity contribution >= 4 is 10.0 Å². The number of aromatic nitrogens is 2. The van der Waals surface area contributed by atoms with E-state index in [0.717, 1.165) is 50.2 Å². The molecule has 19 heavy (non-hydrogen) atoms. The molecule has 0 fully saturated rings. The van der Waals surface area contributed by atoms with Crippen LogP contribution in [0.2, 0.25) is 0 Å². The summed E-state index contributed by atoms with van der Waals surface area (Å²) in [6.45, 7) is 6.64. The van der Waals surface area contributed by atoms with Crippen LogP contribution in [0.5, 0.6) is 0 Å². The van der Waals surface area contributed by atoms with Crippen molar-refractivity contribution in [3.63, 3.8) is 0 Å². The van der Waals surface area contributed by atoms with Crippen molar-refractivity contribution in [2.24, 2.45) is 0 Å². The van der Waals surface area contributed by atoms with Crippen LogP contribution < -0.4 is 4.72 Å². The maximum Gasteiger partial charge on any atom is 0.260 e. The number of imidazole rings is 1. The molecule has 5 nitrogen and oxygen atoms in total. The number of fused-ring (bicyclic) bond motifs is 1. The van der Waals surface area contributed by atoms with Crippen LogP contribution in [0.25, 0.3) is 0 Å². The average Bonchev–Trinajstić information content (AvgIpc) is 2.68. The Morgan fingerprint density at radius 3 is 2.74 bits per heavy atom. The smallest absolute Gasteiger partial charge is 0.260 e. The van der Waals surface area contributed by atoms with Gasteiger partial charge >= 0.3 is 0 Å². The Balaban J connectivity index is 2.46. The minimum Gasteiger partial charge on any atom is -0.331 e. The molecule has 0 atom stereocenters. The van der Waals surface area contributed by atoms with Gasteiger partial charge in [0.25, 0.3) is 10.0 Å². The summed E-state index contributed by atoms with van der Waals surface area (Å²) >= 11 is 0. The monoisotopic (exact) mass is 285 g/mol. The summed E-state index contributed by atoms with van der Waals surface area (Å²) in [5, 5.41) is 0.254. The first-order valence-corrected chi connectivity index (χ1v) is 8.54. The zero-order chi connectivity index (χ0) is 14.0. The highest BCUT2D eigenvalue weighted by atomic mass is 32.2. The molecule has 0 aliphatic carbocycles. The third-order valence-electron chi connectivity index (χ3n) is 3.28. The summed E-state index contributed by atoms with van der Waals surface area (Å²) in [5.41, 5.74) is 0.892. The van der Waals surface area contributed by atoms with Crippen molar-refractivity contribution in [3.05, 3.63) is 11.5 Å². The first kappa shape index (κ1) is 14.5. The lowest BCUT2D eigenvalue weighted by Gasteiger charge is -2.17. The minimum atomic E-state index is -3.48. The van der Waals surface area contributed by atoms with Gasteiger partial charge in [0.1, 0.15) is 5.82 Å². The van der Waals surface area contributed by atoms with Crippen molar-refractivity contribution < 1.29 is 8.42 Å². The summed E-state index contributed by atoms with van der Waals surface area (Å²) in [4.78, 5) is 4.42. The largest absolute Gasteiger partial charge is 0.331 e. The second-order valence-corrected chi connectivity index (χ2v) is 7.04. The van der Waals surface area contributed by atoms with Crippen molar-refractivity contribution in [1.29, 1.82) is 0 Å². The second-order valence-electron chi connectivity index (χ2n) is 5.41. The molecule has 2 heterocycles. The van der Waals surface area contributed by atoms with Gasteiger partial charge in [-0.15, -0.1) is 0 Å². The number of hydrogen-bond donors (Lipinski definition) is 1. The van der Waals surface area contributed by atoms with Crippen LogP contribution in [0.1, 0.15) is 51.6 Å². The predicted octanol–water partition coefficient (Wildman–Crippen LogP) is 1.86. The Kier molecular flexibility index (Phi) is 4.30. The molecule has 0 amide bonds. The lowest BCUT2D eigenvalue weighted by Crippen LogP contribution is -2.31. The number of rotatable bonds is 5. The van der Waals surface area contributed by atoms with Crippen LogP contribution in [-0.2, 0) is 29.4 Å². The van der Waals surface area contributed by atoms with Gasteiger partial charge in [-0.3, -0.25) is 0 Å². The number of nitrogens with one attached hydrogen (secondary N) is 1. The molecular weight excluding hydrogens is 262 g/mol. The van der Waals surface area contributed by atoms with Crippen molar-refractivity contribution in [1.82, 2.24) is 14.3 Å². The fourth-order valence-electron chi connectivity index (χ4n) is 2.58. The van der Waals surface area contributed by atoms with E-state index in [2.05, 4.69) is 21.2 Å². The number of nitrogens with zero attached hydrogens (tertiary/aromatic N) is 2. The van der Waals surface area contributed by atoms with Crippen LogP contribution in [-0.4, -0.2) is 24.0 Å². The Morgan fingerprint density at radius 2 is 2.11 bits per heavy atom. The summed E-state index contributed by atoms with van der Waals surface area (Å²) in [7, 11) is -3.48. The van der Waals surface area contributed by atoms with E-state index in [1.807, 2.05) is 13.8 Å². The highest BCUT2D eigenvalue weighted by molar-refractivity contribution is 7.89. The zero-order valence-corrected chi connectivity index (χ0v) is 12.8. The number of aryl methyl sites for hydroxylation is 1. The standard InChI is InChI=1S/C13H23N3O2S/c1-4-7-12-14-13(19(17,18)15-10(2)3)11-8-5-6-9-16(11)12/h10,15H,4-9H2,1-3H3. The van der Waals surface area contributed by atoms with Gasteiger partial charge in [0, 0.05) is 19.0 Å². The first-order chi connectivity index (χ1) is 8.95. The fraction of sp³-hybridized carbons (Fsp3) is 0.769. The molecule has 0 saturated heterocycles. The van der Waals surface area contributed by atoms with E-state index >= 15 is 0 Å². The lowest BCUT2D eigenvalue weighted by molar-refractivity contribution is 0.506. The quantitative estimate of drug-likeness (QED) is 0.898. The third kappa shape index (κ3) is 3.00. The predicted molar refractivity (Wildman–Crippen MR) is 74.6 cm³/mol. The van der Waals surface area contributed by atoms with Gasteiger partial charge in [0.15, 0.2) is 5.03 Å². The molecule has 1 aliphatic rings. The summed E-state index contributed by atoms with van der Waals surface area (Å²) in [5.74, 6) is 0.918. The SMILES string of the molecule is CCCc1nc(S(=O)(=O)NC(C)C)c2n1CCCC2. The van der Waals surface area contributed by atoms with Crippen LogP contribution in [0, 0.1) is 0 Å². The maximum absolute atomic E-state index is 12.3. The lowest BCUT2D eigenvalue weighted by atomic mass is 10.1. The van der Waals surface area contributed by atoms with E-state index in [0.29, 0.717) is 0 Å². The van der Waals surface area contributed by atoms with Crippen molar-refractivity contribution in [2.45, 2.75) is 70.5 Å². The molecule has 6 heteroatoms.